The third-order valence-electron chi connectivity index (χ3n) is 4.97. The fourth-order valence-electron chi connectivity index (χ4n) is 3.71. The van der Waals surface area contributed by atoms with Gasteiger partial charge in [-0.25, -0.2) is 0 Å². The molecule has 0 radical (unpaired) electrons. The standard InChI is InChI=1S/C19H31NO/c1-5-11-20-19(16-9-8-15(6-2)13-16)17-12-14(3)7-10-18(17)21-4/h7,10,12,15-16,19-20H,5-6,8-9,11,13H2,1-4H3. The number of hydrogen-bond acceptors (Lipinski definition) is 2. The molecule has 1 aromatic carbocycles. The maximum absolute atomic E-state index is 5.63. The zero-order valence-corrected chi connectivity index (χ0v) is 14.1. The van der Waals surface area contributed by atoms with Crippen LogP contribution in [0.15, 0.2) is 18.2 Å². The van der Waals surface area contributed by atoms with Crippen LogP contribution in [0.2, 0.25) is 0 Å². The van der Waals surface area contributed by atoms with Gasteiger partial charge in [0.25, 0.3) is 0 Å². The summed E-state index contributed by atoms with van der Waals surface area (Å²) in [6.45, 7) is 7.81. The van der Waals surface area contributed by atoms with Gasteiger partial charge in [0.2, 0.25) is 0 Å². The zero-order chi connectivity index (χ0) is 15.2. The third-order valence-corrected chi connectivity index (χ3v) is 4.97. The first-order chi connectivity index (χ1) is 10.2. The largest absolute Gasteiger partial charge is 0.496 e. The molecule has 0 spiro atoms. The summed E-state index contributed by atoms with van der Waals surface area (Å²) in [5.41, 5.74) is 2.67. The highest BCUT2D eigenvalue weighted by molar-refractivity contribution is 5.39. The van der Waals surface area contributed by atoms with Gasteiger partial charge >= 0.3 is 0 Å². The first-order valence-corrected chi connectivity index (χ1v) is 8.57. The van der Waals surface area contributed by atoms with Gasteiger partial charge in [-0.15, -0.1) is 0 Å². The average molecular weight is 289 g/mol. The second-order valence-electron chi connectivity index (χ2n) is 6.52. The molecule has 0 aromatic heterocycles. The van der Waals surface area contributed by atoms with Gasteiger partial charge in [0, 0.05) is 11.6 Å². The van der Waals surface area contributed by atoms with Crippen molar-refractivity contribution in [3.8, 4) is 5.75 Å². The molecule has 21 heavy (non-hydrogen) atoms. The summed E-state index contributed by atoms with van der Waals surface area (Å²) in [6.07, 6.45) is 6.59. The molecule has 1 aliphatic carbocycles. The number of methoxy groups -OCH3 is 1. The molecular weight excluding hydrogens is 258 g/mol. The van der Waals surface area contributed by atoms with Crippen LogP contribution in [0.5, 0.6) is 5.75 Å². The molecular formula is C19H31NO. The van der Waals surface area contributed by atoms with Crippen LogP contribution in [-0.4, -0.2) is 13.7 Å². The number of ether oxygens (including phenoxy) is 1. The van der Waals surface area contributed by atoms with Crippen molar-refractivity contribution in [2.75, 3.05) is 13.7 Å². The molecule has 2 heteroatoms. The van der Waals surface area contributed by atoms with Gasteiger partial charge in [-0.3, -0.25) is 0 Å². The number of benzene rings is 1. The third kappa shape index (κ3) is 4.00. The van der Waals surface area contributed by atoms with Crippen molar-refractivity contribution in [3.05, 3.63) is 29.3 Å². The SMILES string of the molecule is CCCNC(c1cc(C)ccc1OC)C1CCC(CC)C1. The van der Waals surface area contributed by atoms with Crippen LogP contribution in [-0.2, 0) is 0 Å². The summed E-state index contributed by atoms with van der Waals surface area (Å²) >= 11 is 0. The highest BCUT2D eigenvalue weighted by atomic mass is 16.5. The van der Waals surface area contributed by atoms with E-state index in [1.807, 2.05) is 0 Å². The van der Waals surface area contributed by atoms with E-state index in [1.54, 1.807) is 7.11 Å². The Morgan fingerprint density at radius 2 is 2.10 bits per heavy atom. The minimum atomic E-state index is 0.441. The van der Waals surface area contributed by atoms with E-state index in [2.05, 4.69) is 44.3 Å². The van der Waals surface area contributed by atoms with E-state index in [-0.39, 0.29) is 0 Å². The fourth-order valence-corrected chi connectivity index (χ4v) is 3.71. The van der Waals surface area contributed by atoms with E-state index in [1.165, 1.54) is 43.2 Å². The average Bonchev–Trinajstić information content (AvgIpc) is 2.97. The van der Waals surface area contributed by atoms with E-state index in [0.717, 1.165) is 24.1 Å². The van der Waals surface area contributed by atoms with Crippen molar-refractivity contribution in [2.24, 2.45) is 11.8 Å². The lowest BCUT2D eigenvalue weighted by atomic mass is 9.89. The number of nitrogens with one attached hydrogen (secondary N) is 1. The molecule has 118 valence electrons. The summed E-state index contributed by atoms with van der Waals surface area (Å²) in [6, 6.07) is 7.02. The van der Waals surface area contributed by atoms with Crippen LogP contribution in [0.25, 0.3) is 0 Å². The minimum Gasteiger partial charge on any atom is -0.496 e. The summed E-state index contributed by atoms with van der Waals surface area (Å²) in [4.78, 5) is 0. The van der Waals surface area contributed by atoms with E-state index in [4.69, 9.17) is 4.74 Å². The summed E-state index contributed by atoms with van der Waals surface area (Å²) < 4.78 is 5.63. The van der Waals surface area contributed by atoms with Crippen LogP contribution < -0.4 is 10.1 Å². The quantitative estimate of drug-likeness (QED) is 0.773. The van der Waals surface area contributed by atoms with Gasteiger partial charge in [0.15, 0.2) is 0 Å². The van der Waals surface area contributed by atoms with E-state index >= 15 is 0 Å². The van der Waals surface area contributed by atoms with Gasteiger partial charge in [0.1, 0.15) is 5.75 Å². The molecule has 1 N–H and O–H groups in total. The molecule has 1 saturated carbocycles. The van der Waals surface area contributed by atoms with Crippen LogP contribution in [0.3, 0.4) is 0 Å². The molecule has 0 heterocycles. The first-order valence-electron chi connectivity index (χ1n) is 8.57. The Labute approximate surface area is 130 Å². The van der Waals surface area contributed by atoms with Gasteiger partial charge < -0.3 is 10.1 Å². The lowest BCUT2D eigenvalue weighted by molar-refractivity contribution is 0.335. The van der Waals surface area contributed by atoms with Crippen LogP contribution in [0.1, 0.15) is 63.1 Å². The lowest BCUT2D eigenvalue weighted by Crippen LogP contribution is -2.28. The van der Waals surface area contributed by atoms with Crippen molar-refractivity contribution in [1.82, 2.24) is 5.32 Å². The topological polar surface area (TPSA) is 21.3 Å². The molecule has 1 aromatic rings. The molecule has 3 unspecified atom stereocenters. The normalized spacial score (nSPS) is 23.2. The Hall–Kier alpha value is -1.02. The number of aryl methyl sites for hydroxylation is 1. The second kappa shape index (κ2) is 7.84. The highest BCUT2D eigenvalue weighted by Crippen LogP contribution is 2.42. The van der Waals surface area contributed by atoms with Crippen LogP contribution in [0.4, 0.5) is 0 Å². The molecule has 0 aliphatic heterocycles. The monoisotopic (exact) mass is 289 g/mol. The lowest BCUT2D eigenvalue weighted by Gasteiger charge is -2.27. The molecule has 0 amide bonds. The van der Waals surface area contributed by atoms with Gasteiger partial charge in [-0.05, 0) is 50.6 Å². The van der Waals surface area contributed by atoms with Crippen molar-refractivity contribution >= 4 is 0 Å². The fraction of sp³-hybridized carbons (Fsp3) is 0.684. The van der Waals surface area contributed by atoms with Crippen molar-refractivity contribution in [2.45, 2.75) is 58.9 Å². The minimum absolute atomic E-state index is 0.441. The van der Waals surface area contributed by atoms with Crippen LogP contribution in [0, 0.1) is 18.8 Å². The Kier molecular flexibility index (Phi) is 6.10. The molecule has 2 nitrogen and oxygen atoms in total. The first kappa shape index (κ1) is 16.4. The summed E-state index contributed by atoms with van der Waals surface area (Å²) in [5.74, 6) is 2.70. The summed E-state index contributed by atoms with van der Waals surface area (Å²) in [7, 11) is 1.79. The van der Waals surface area contributed by atoms with Crippen molar-refractivity contribution in [3.63, 3.8) is 0 Å². The molecule has 3 atom stereocenters. The highest BCUT2D eigenvalue weighted by Gasteiger charge is 2.32. The van der Waals surface area contributed by atoms with Gasteiger partial charge in [0.05, 0.1) is 7.11 Å². The van der Waals surface area contributed by atoms with E-state index < -0.39 is 0 Å². The maximum Gasteiger partial charge on any atom is 0.123 e. The van der Waals surface area contributed by atoms with Gasteiger partial charge in [-0.2, -0.15) is 0 Å². The predicted molar refractivity (Wildman–Crippen MR) is 89.9 cm³/mol. The van der Waals surface area contributed by atoms with Crippen LogP contribution >= 0.6 is 0 Å². The molecule has 2 rings (SSSR count). The van der Waals surface area contributed by atoms with Crippen molar-refractivity contribution < 1.29 is 4.74 Å². The molecule has 0 saturated heterocycles. The van der Waals surface area contributed by atoms with E-state index in [0.29, 0.717) is 6.04 Å². The second-order valence-corrected chi connectivity index (χ2v) is 6.52. The number of hydrogen-bond donors (Lipinski definition) is 1. The molecule has 1 fully saturated rings. The Bertz CT molecular complexity index is 443. The Morgan fingerprint density at radius 1 is 1.29 bits per heavy atom. The number of rotatable bonds is 7. The smallest absolute Gasteiger partial charge is 0.123 e. The zero-order valence-electron chi connectivity index (χ0n) is 14.1. The van der Waals surface area contributed by atoms with Gasteiger partial charge in [-0.1, -0.05) is 44.4 Å². The Morgan fingerprint density at radius 3 is 2.71 bits per heavy atom. The van der Waals surface area contributed by atoms with Crippen molar-refractivity contribution in [1.29, 1.82) is 0 Å². The maximum atomic E-state index is 5.63. The predicted octanol–water partition coefficient (Wildman–Crippen LogP) is 4.87. The summed E-state index contributed by atoms with van der Waals surface area (Å²) in [5, 5.41) is 3.79. The Balaban J connectivity index is 2.25. The van der Waals surface area contributed by atoms with E-state index in [9.17, 15) is 0 Å². The molecule has 1 aliphatic rings. The molecule has 0 bridgehead atoms.